The second kappa shape index (κ2) is 10.4. The van der Waals surface area contributed by atoms with Crippen LogP contribution in [0.25, 0.3) is 0 Å². The maximum Gasteiger partial charge on any atom is 0.344 e. The molecule has 0 saturated heterocycles. The first kappa shape index (κ1) is 19.7. The number of benzene rings is 2. The van der Waals surface area contributed by atoms with Gasteiger partial charge in [0.2, 0.25) is 0 Å². The number of carboxylic acids is 1. The molecule has 28 heavy (non-hydrogen) atoms. The van der Waals surface area contributed by atoms with Crippen LogP contribution >= 0.6 is 0 Å². The average molecular weight is 378 g/mol. The fourth-order valence-corrected chi connectivity index (χ4v) is 3.10. The minimum atomic E-state index is -0.962. The maximum absolute atomic E-state index is 11.7. The van der Waals surface area contributed by atoms with E-state index in [1.54, 1.807) is 12.1 Å². The number of aliphatic carboxylic acids is 1. The third-order valence-corrected chi connectivity index (χ3v) is 4.64. The molecule has 0 bridgehead atoms. The van der Waals surface area contributed by atoms with Crippen LogP contribution in [0.15, 0.2) is 78.4 Å². The topological polar surface area (TPSA) is 55.8 Å². The molecule has 1 atom stereocenters. The predicted octanol–water partition coefficient (Wildman–Crippen LogP) is 5.54. The number of hydrogen-bond donors (Lipinski definition) is 1. The quantitative estimate of drug-likeness (QED) is 0.622. The minimum Gasteiger partial charge on any atom is -0.485 e. The second-order valence-corrected chi connectivity index (χ2v) is 6.82. The first-order valence-corrected chi connectivity index (χ1v) is 9.73. The highest BCUT2D eigenvalue weighted by molar-refractivity contribution is 5.73. The molecular weight excluding hydrogens is 352 g/mol. The fraction of sp³-hybridized carbons (Fsp3) is 0.292. The van der Waals surface area contributed by atoms with Gasteiger partial charge in [0, 0.05) is 0 Å². The molecule has 0 amide bonds. The molecular formula is C24H26O4. The molecule has 0 saturated carbocycles. The third kappa shape index (κ3) is 6.02. The number of carboxylic acid groups (broad SMARTS) is 1. The number of para-hydroxylation sites is 2. The molecule has 4 heteroatoms. The average Bonchev–Trinajstić information content (AvgIpc) is 2.99. The Morgan fingerprint density at radius 2 is 1.75 bits per heavy atom. The Kier molecular flexibility index (Phi) is 7.30. The van der Waals surface area contributed by atoms with E-state index in [-0.39, 0.29) is 0 Å². The van der Waals surface area contributed by atoms with E-state index >= 15 is 0 Å². The Morgan fingerprint density at radius 3 is 2.54 bits per heavy atom. The van der Waals surface area contributed by atoms with Gasteiger partial charge < -0.3 is 14.6 Å². The molecule has 2 aromatic carbocycles. The van der Waals surface area contributed by atoms with Crippen molar-refractivity contribution in [2.45, 2.75) is 44.8 Å². The summed E-state index contributed by atoms with van der Waals surface area (Å²) in [6.45, 7) is 0.399. The van der Waals surface area contributed by atoms with Crippen LogP contribution in [0, 0.1) is 0 Å². The molecule has 3 rings (SSSR count). The monoisotopic (exact) mass is 378 g/mol. The molecule has 1 unspecified atom stereocenters. The fourth-order valence-electron chi connectivity index (χ4n) is 3.10. The third-order valence-electron chi connectivity index (χ3n) is 4.64. The number of allylic oxidation sites excluding steroid dienone is 4. The number of ether oxygens (including phenoxy) is 2. The van der Waals surface area contributed by atoms with Gasteiger partial charge in [0.25, 0.3) is 0 Å². The lowest BCUT2D eigenvalue weighted by atomic mass is 10.1. The van der Waals surface area contributed by atoms with E-state index < -0.39 is 12.1 Å². The number of hydrogen-bond acceptors (Lipinski definition) is 3. The molecule has 1 aliphatic carbocycles. The molecule has 0 heterocycles. The largest absolute Gasteiger partial charge is 0.485 e. The van der Waals surface area contributed by atoms with Gasteiger partial charge in [-0.2, -0.15) is 0 Å². The van der Waals surface area contributed by atoms with Crippen molar-refractivity contribution in [1.29, 1.82) is 0 Å². The Bertz CT molecular complexity index is 824. The Labute approximate surface area is 166 Å². The highest BCUT2D eigenvalue weighted by atomic mass is 16.5. The first-order valence-electron chi connectivity index (χ1n) is 9.73. The summed E-state index contributed by atoms with van der Waals surface area (Å²) in [5.74, 6) is 0.0402. The van der Waals surface area contributed by atoms with E-state index in [1.807, 2.05) is 42.5 Å². The summed E-state index contributed by atoms with van der Waals surface area (Å²) < 4.78 is 11.7. The second-order valence-electron chi connectivity index (χ2n) is 6.82. The van der Waals surface area contributed by atoms with Crippen LogP contribution in [0.2, 0.25) is 0 Å². The van der Waals surface area contributed by atoms with E-state index in [9.17, 15) is 9.90 Å². The minimum absolute atomic E-state index is 0.399. The van der Waals surface area contributed by atoms with Gasteiger partial charge in [0.05, 0.1) is 0 Å². The van der Waals surface area contributed by atoms with Crippen LogP contribution < -0.4 is 9.47 Å². The molecule has 0 spiro atoms. The van der Waals surface area contributed by atoms with Crippen molar-refractivity contribution in [3.8, 4) is 11.5 Å². The van der Waals surface area contributed by atoms with Crippen LogP contribution in [0.3, 0.4) is 0 Å². The van der Waals surface area contributed by atoms with E-state index in [4.69, 9.17) is 9.47 Å². The summed E-state index contributed by atoms with van der Waals surface area (Å²) in [4.78, 5) is 11.7. The highest BCUT2D eigenvalue weighted by Crippen LogP contribution is 2.29. The smallest absolute Gasteiger partial charge is 0.344 e. The summed E-state index contributed by atoms with van der Waals surface area (Å²) in [5.41, 5.74) is 2.22. The zero-order valence-corrected chi connectivity index (χ0v) is 15.9. The van der Waals surface area contributed by atoms with Crippen molar-refractivity contribution in [2.75, 3.05) is 0 Å². The molecule has 0 radical (unpaired) electrons. The zero-order chi connectivity index (χ0) is 19.6. The van der Waals surface area contributed by atoms with E-state index in [2.05, 4.69) is 18.2 Å². The lowest BCUT2D eigenvalue weighted by molar-refractivity contribution is -0.145. The van der Waals surface area contributed by atoms with Crippen LogP contribution in [0.1, 0.15) is 37.7 Å². The Hall–Kier alpha value is -3.01. The van der Waals surface area contributed by atoms with Crippen molar-refractivity contribution in [3.63, 3.8) is 0 Å². The lowest BCUT2D eigenvalue weighted by Crippen LogP contribution is -2.27. The van der Waals surface area contributed by atoms with E-state index in [0.717, 1.165) is 24.8 Å². The molecule has 0 aromatic heterocycles. The maximum atomic E-state index is 11.7. The van der Waals surface area contributed by atoms with Gasteiger partial charge in [-0.15, -0.1) is 0 Å². The molecule has 0 fully saturated rings. The molecule has 4 nitrogen and oxygen atoms in total. The van der Waals surface area contributed by atoms with Crippen LogP contribution in [0.4, 0.5) is 0 Å². The number of carbonyl (C=O) groups is 1. The molecule has 1 N–H and O–H groups in total. The van der Waals surface area contributed by atoms with Gasteiger partial charge in [-0.05, 0) is 49.8 Å². The SMILES string of the molecule is O=C(O)C(CCC1=CCCCC=C1)Oc1ccccc1OCc1ccccc1. The standard InChI is InChI=1S/C24H26O4/c25-24(26)23(17-16-19-10-4-1-2-5-11-19)28-22-15-9-8-14-21(22)27-18-20-12-6-3-7-13-20/h3-4,6-15,23H,1-2,5,16-18H2,(H,25,26). The van der Waals surface area contributed by atoms with Gasteiger partial charge in [0.15, 0.2) is 17.6 Å². The highest BCUT2D eigenvalue weighted by Gasteiger charge is 2.21. The van der Waals surface area contributed by atoms with E-state index in [0.29, 0.717) is 30.9 Å². The van der Waals surface area contributed by atoms with Gasteiger partial charge in [-0.25, -0.2) is 4.79 Å². The summed E-state index contributed by atoms with van der Waals surface area (Å²) in [6.07, 6.45) is 9.88. The van der Waals surface area contributed by atoms with Gasteiger partial charge in [-0.3, -0.25) is 0 Å². The Morgan fingerprint density at radius 1 is 1.00 bits per heavy atom. The first-order chi connectivity index (χ1) is 13.7. The predicted molar refractivity (Wildman–Crippen MR) is 110 cm³/mol. The molecule has 0 aliphatic heterocycles. The Balaban J connectivity index is 1.64. The van der Waals surface area contributed by atoms with Crippen molar-refractivity contribution >= 4 is 5.97 Å². The van der Waals surface area contributed by atoms with E-state index in [1.165, 1.54) is 5.57 Å². The lowest BCUT2D eigenvalue weighted by Gasteiger charge is -2.18. The van der Waals surface area contributed by atoms with Crippen molar-refractivity contribution < 1.29 is 19.4 Å². The molecule has 146 valence electrons. The van der Waals surface area contributed by atoms with Crippen LogP contribution in [-0.2, 0) is 11.4 Å². The summed E-state index contributed by atoms with van der Waals surface area (Å²) in [5, 5.41) is 9.62. The summed E-state index contributed by atoms with van der Waals surface area (Å²) in [7, 11) is 0. The van der Waals surface area contributed by atoms with Crippen molar-refractivity contribution in [1.82, 2.24) is 0 Å². The summed E-state index contributed by atoms with van der Waals surface area (Å²) in [6, 6.07) is 17.1. The molecule has 1 aliphatic rings. The van der Waals surface area contributed by atoms with Crippen LogP contribution in [-0.4, -0.2) is 17.2 Å². The van der Waals surface area contributed by atoms with Crippen LogP contribution in [0.5, 0.6) is 11.5 Å². The number of rotatable bonds is 9. The van der Waals surface area contributed by atoms with Crippen molar-refractivity contribution in [2.24, 2.45) is 0 Å². The summed E-state index contributed by atoms with van der Waals surface area (Å²) >= 11 is 0. The van der Waals surface area contributed by atoms with Gasteiger partial charge >= 0.3 is 5.97 Å². The van der Waals surface area contributed by atoms with Gasteiger partial charge in [0.1, 0.15) is 6.61 Å². The van der Waals surface area contributed by atoms with Crippen molar-refractivity contribution in [3.05, 3.63) is 84.0 Å². The molecule has 2 aromatic rings. The normalized spacial score (nSPS) is 14.6. The van der Waals surface area contributed by atoms with Gasteiger partial charge in [-0.1, -0.05) is 66.3 Å². The zero-order valence-electron chi connectivity index (χ0n) is 15.9.